The first-order chi connectivity index (χ1) is 14.6. The van der Waals surface area contributed by atoms with Gasteiger partial charge in [0.05, 0.1) is 11.2 Å². The summed E-state index contributed by atoms with van der Waals surface area (Å²) in [4.78, 5) is 16.7. The number of hydrogen-bond donors (Lipinski definition) is 1. The molecule has 0 bridgehead atoms. The molecule has 1 fully saturated rings. The van der Waals surface area contributed by atoms with Crippen molar-refractivity contribution in [1.29, 1.82) is 0 Å². The van der Waals surface area contributed by atoms with Gasteiger partial charge in [-0.3, -0.25) is 9.78 Å². The zero-order valence-electron chi connectivity index (χ0n) is 16.6. The molecule has 1 saturated carbocycles. The molecule has 1 amide bonds. The molecule has 1 aromatic heterocycles. The monoisotopic (exact) mass is 402 g/mol. The third-order valence-corrected chi connectivity index (χ3v) is 5.39. The second-order valence-corrected chi connectivity index (χ2v) is 7.44. The van der Waals surface area contributed by atoms with Gasteiger partial charge in [-0.05, 0) is 72.9 Å². The molecule has 1 N–H and O–H groups in total. The second-order valence-electron chi connectivity index (χ2n) is 7.44. The number of hydrogen-bond acceptors (Lipinski definition) is 3. The molecule has 0 spiro atoms. The number of ether oxygens (including phenoxy) is 1. The average Bonchev–Trinajstić information content (AvgIpc) is 2.75. The number of halogens is 1. The fourth-order valence-electron chi connectivity index (χ4n) is 3.55. The van der Waals surface area contributed by atoms with Gasteiger partial charge in [0, 0.05) is 12.3 Å². The van der Waals surface area contributed by atoms with Crippen LogP contribution in [0.1, 0.15) is 36.1 Å². The minimum atomic E-state index is -0.391. The maximum Gasteiger partial charge on any atom is 0.244 e. The highest BCUT2D eigenvalue weighted by molar-refractivity contribution is 5.92. The number of nitrogens with one attached hydrogen (secondary N) is 1. The summed E-state index contributed by atoms with van der Waals surface area (Å²) < 4.78 is 18.9. The van der Waals surface area contributed by atoms with Crippen molar-refractivity contribution in [2.24, 2.45) is 0 Å². The fourth-order valence-corrected chi connectivity index (χ4v) is 3.55. The quantitative estimate of drug-likeness (QED) is 0.565. The van der Waals surface area contributed by atoms with Crippen molar-refractivity contribution in [2.75, 3.05) is 0 Å². The molecule has 1 heterocycles. The van der Waals surface area contributed by atoms with Crippen LogP contribution in [0.25, 0.3) is 6.08 Å². The Morgan fingerprint density at radius 3 is 2.47 bits per heavy atom. The molecule has 0 radical (unpaired) electrons. The lowest BCUT2D eigenvalue weighted by Crippen LogP contribution is -2.50. The van der Waals surface area contributed by atoms with E-state index in [0.717, 1.165) is 41.8 Å². The standard InChI is InChI=1S/C25H23FN2O2/c26-21-10-8-20(9-11-21)25(15-3-16-25)28-24(29)14-7-19-5-12-23(13-6-19)30-18-22-4-1-2-17-27-22/h1-2,4-14,17H,3,15-16,18H2,(H,28,29)/b14-7+. The summed E-state index contributed by atoms with van der Waals surface area (Å²) in [6.45, 7) is 0.407. The molecule has 0 saturated heterocycles. The summed E-state index contributed by atoms with van der Waals surface area (Å²) in [5.41, 5.74) is 2.33. The van der Waals surface area contributed by atoms with Gasteiger partial charge in [-0.15, -0.1) is 0 Å². The zero-order valence-corrected chi connectivity index (χ0v) is 16.6. The Bertz CT molecular complexity index is 1010. The van der Waals surface area contributed by atoms with Crippen molar-refractivity contribution in [3.63, 3.8) is 0 Å². The highest BCUT2D eigenvalue weighted by Gasteiger charge is 2.39. The van der Waals surface area contributed by atoms with E-state index in [1.54, 1.807) is 24.4 Å². The molecule has 5 heteroatoms. The number of carbonyl (C=O) groups excluding carboxylic acids is 1. The number of aromatic nitrogens is 1. The summed E-state index contributed by atoms with van der Waals surface area (Å²) >= 11 is 0. The highest BCUT2D eigenvalue weighted by Crippen LogP contribution is 2.41. The van der Waals surface area contributed by atoms with E-state index in [1.807, 2.05) is 42.5 Å². The molecular formula is C25H23FN2O2. The van der Waals surface area contributed by atoms with Gasteiger partial charge < -0.3 is 10.1 Å². The zero-order chi connectivity index (χ0) is 20.8. The Labute approximate surface area is 175 Å². The van der Waals surface area contributed by atoms with Crippen molar-refractivity contribution < 1.29 is 13.9 Å². The Balaban J connectivity index is 1.34. The number of nitrogens with zero attached hydrogens (tertiary/aromatic N) is 1. The number of amides is 1. The number of benzene rings is 2. The van der Waals surface area contributed by atoms with Gasteiger partial charge >= 0.3 is 0 Å². The predicted octanol–water partition coefficient (Wildman–Crippen LogP) is 5.01. The predicted molar refractivity (Wildman–Crippen MR) is 114 cm³/mol. The summed E-state index contributed by atoms with van der Waals surface area (Å²) in [5, 5.41) is 3.11. The van der Waals surface area contributed by atoms with E-state index < -0.39 is 5.54 Å². The fraction of sp³-hybridized carbons (Fsp3) is 0.200. The van der Waals surface area contributed by atoms with Gasteiger partial charge in [0.15, 0.2) is 0 Å². The molecule has 0 atom stereocenters. The van der Waals surface area contributed by atoms with Crippen LogP contribution in [-0.2, 0) is 16.9 Å². The van der Waals surface area contributed by atoms with Crippen molar-refractivity contribution in [3.05, 3.63) is 102 Å². The summed E-state index contributed by atoms with van der Waals surface area (Å²) in [6, 6.07) is 19.6. The van der Waals surface area contributed by atoms with E-state index in [2.05, 4.69) is 10.3 Å². The molecule has 152 valence electrons. The second kappa shape index (κ2) is 8.91. The molecule has 0 aliphatic heterocycles. The summed E-state index contributed by atoms with van der Waals surface area (Å²) in [6.07, 6.45) is 7.81. The van der Waals surface area contributed by atoms with E-state index in [1.165, 1.54) is 18.2 Å². The molecule has 4 nitrogen and oxygen atoms in total. The van der Waals surface area contributed by atoms with Crippen LogP contribution < -0.4 is 10.1 Å². The maximum atomic E-state index is 13.2. The SMILES string of the molecule is O=C(/C=C/c1ccc(OCc2ccccn2)cc1)NC1(c2ccc(F)cc2)CCC1. The van der Waals surface area contributed by atoms with E-state index in [-0.39, 0.29) is 11.7 Å². The minimum Gasteiger partial charge on any atom is -0.487 e. The van der Waals surface area contributed by atoms with Crippen LogP contribution in [0.3, 0.4) is 0 Å². The van der Waals surface area contributed by atoms with Crippen LogP contribution in [0.2, 0.25) is 0 Å². The molecular weight excluding hydrogens is 379 g/mol. The largest absolute Gasteiger partial charge is 0.487 e. The van der Waals surface area contributed by atoms with Crippen LogP contribution in [0.15, 0.2) is 79.0 Å². The summed E-state index contributed by atoms with van der Waals surface area (Å²) in [5.74, 6) is 0.313. The van der Waals surface area contributed by atoms with Gasteiger partial charge in [-0.25, -0.2) is 4.39 Å². The topological polar surface area (TPSA) is 51.2 Å². The first-order valence-electron chi connectivity index (χ1n) is 10.0. The minimum absolute atomic E-state index is 0.158. The number of carbonyl (C=O) groups is 1. The van der Waals surface area contributed by atoms with Crippen LogP contribution in [0, 0.1) is 5.82 Å². The average molecular weight is 402 g/mol. The third-order valence-electron chi connectivity index (χ3n) is 5.39. The van der Waals surface area contributed by atoms with Crippen LogP contribution in [0.5, 0.6) is 5.75 Å². The van der Waals surface area contributed by atoms with Crippen LogP contribution in [-0.4, -0.2) is 10.9 Å². The first-order valence-corrected chi connectivity index (χ1v) is 10.0. The van der Waals surface area contributed by atoms with Crippen molar-refractivity contribution in [2.45, 2.75) is 31.4 Å². The lowest BCUT2D eigenvalue weighted by molar-refractivity contribution is -0.119. The lowest BCUT2D eigenvalue weighted by atomic mass is 9.71. The molecule has 4 rings (SSSR count). The van der Waals surface area contributed by atoms with E-state index in [9.17, 15) is 9.18 Å². The lowest BCUT2D eigenvalue weighted by Gasteiger charge is -2.43. The Kier molecular flexibility index (Phi) is 5.89. The molecule has 1 aliphatic rings. The molecule has 3 aromatic rings. The van der Waals surface area contributed by atoms with Gasteiger partial charge in [-0.1, -0.05) is 30.3 Å². The van der Waals surface area contributed by atoms with Crippen molar-refractivity contribution >= 4 is 12.0 Å². The van der Waals surface area contributed by atoms with E-state index >= 15 is 0 Å². The first kappa shape index (κ1) is 19.8. The summed E-state index contributed by atoms with van der Waals surface area (Å²) in [7, 11) is 0. The normalized spacial score (nSPS) is 14.8. The Morgan fingerprint density at radius 2 is 1.83 bits per heavy atom. The Hall–Kier alpha value is -3.47. The van der Waals surface area contributed by atoms with Crippen molar-refractivity contribution in [1.82, 2.24) is 10.3 Å². The van der Waals surface area contributed by atoms with E-state index in [0.29, 0.717) is 6.61 Å². The molecule has 0 unspecified atom stereocenters. The molecule has 2 aromatic carbocycles. The smallest absolute Gasteiger partial charge is 0.244 e. The van der Waals surface area contributed by atoms with Gasteiger partial charge in [-0.2, -0.15) is 0 Å². The maximum absolute atomic E-state index is 13.2. The molecule has 30 heavy (non-hydrogen) atoms. The Morgan fingerprint density at radius 1 is 1.07 bits per heavy atom. The van der Waals surface area contributed by atoms with Gasteiger partial charge in [0.25, 0.3) is 0 Å². The van der Waals surface area contributed by atoms with Crippen LogP contribution in [0.4, 0.5) is 4.39 Å². The third kappa shape index (κ3) is 4.74. The van der Waals surface area contributed by atoms with Crippen molar-refractivity contribution in [3.8, 4) is 5.75 Å². The number of pyridine rings is 1. The highest BCUT2D eigenvalue weighted by atomic mass is 19.1. The van der Waals surface area contributed by atoms with Gasteiger partial charge in [0.2, 0.25) is 5.91 Å². The van der Waals surface area contributed by atoms with Crippen LogP contribution >= 0.6 is 0 Å². The number of rotatable bonds is 7. The van der Waals surface area contributed by atoms with Gasteiger partial charge in [0.1, 0.15) is 18.2 Å². The van der Waals surface area contributed by atoms with E-state index in [4.69, 9.17) is 4.74 Å². The molecule has 1 aliphatic carbocycles.